The summed E-state index contributed by atoms with van der Waals surface area (Å²) in [5, 5.41) is 4.01. The highest BCUT2D eigenvalue weighted by molar-refractivity contribution is 7.14. The topological polar surface area (TPSA) is 37.4 Å². The molecule has 1 aromatic carbocycles. The molecular formula is C24H25NO2S2. The maximum atomic E-state index is 13.5. The maximum Gasteiger partial charge on any atom is 0.262 e. The van der Waals surface area contributed by atoms with Crippen LogP contribution in [-0.4, -0.2) is 23.3 Å². The van der Waals surface area contributed by atoms with Crippen molar-refractivity contribution in [3.05, 3.63) is 58.3 Å². The van der Waals surface area contributed by atoms with E-state index in [0.29, 0.717) is 23.6 Å². The first kappa shape index (κ1) is 20.0. The second-order valence-corrected chi connectivity index (χ2v) is 9.40. The Hall–Kier alpha value is -2.24. The number of fused-ring (bicyclic) bond motifs is 1. The van der Waals surface area contributed by atoms with E-state index in [0.717, 1.165) is 46.6 Å². The molecule has 2 amide bonds. The molecule has 4 rings (SSSR count). The van der Waals surface area contributed by atoms with Crippen molar-refractivity contribution in [1.29, 1.82) is 0 Å². The van der Waals surface area contributed by atoms with Crippen molar-refractivity contribution in [2.75, 3.05) is 6.54 Å². The van der Waals surface area contributed by atoms with Crippen LogP contribution < -0.4 is 0 Å². The molecule has 1 atom stereocenters. The minimum absolute atomic E-state index is 0.137. The molecule has 150 valence electrons. The van der Waals surface area contributed by atoms with Gasteiger partial charge in [-0.3, -0.25) is 14.5 Å². The number of benzene rings is 1. The molecule has 3 nitrogen and oxygen atoms in total. The monoisotopic (exact) mass is 423 g/mol. The fourth-order valence-corrected chi connectivity index (χ4v) is 5.54. The third-order valence-electron chi connectivity index (χ3n) is 5.68. The van der Waals surface area contributed by atoms with Crippen molar-refractivity contribution in [2.45, 2.75) is 39.5 Å². The Bertz CT molecular complexity index is 933. The molecule has 3 heterocycles. The van der Waals surface area contributed by atoms with E-state index in [9.17, 15) is 9.59 Å². The van der Waals surface area contributed by atoms with E-state index in [1.54, 1.807) is 22.7 Å². The van der Waals surface area contributed by atoms with E-state index >= 15 is 0 Å². The van der Waals surface area contributed by atoms with Crippen molar-refractivity contribution in [3.63, 3.8) is 0 Å². The zero-order valence-electron chi connectivity index (χ0n) is 16.8. The Kier molecular flexibility index (Phi) is 5.97. The SMILES string of the molecule is CCCCC(CC)CN1C(=O)c2c(-c3cccs3)ccc(-c3cccs3)c2C1=O. The molecule has 1 unspecified atom stereocenters. The van der Waals surface area contributed by atoms with Gasteiger partial charge >= 0.3 is 0 Å². The van der Waals surface area contributed by atoms with E-state index < -0.39 is 0 Å². The zero-order valence-corrected chi connectivity index (χ0v) is 18.4. The smallest absolute Gasteiger partial charge is 0.262 e. The number of carbonyl (C=O) groups excluding carboxylic acids is 2. The number of rotatable bonds is 8. The quantitative estimate of drug-likeness (QED) is 0.367. The predicted octanol–water partition coefficient (Wildman–Crippen LogP) is 6.96. The van der Waals surface area contributed by atoms with E-state index in [1.165, 1.54) is 4.90 Å². The molecule has 0 aliphatic carbocycles. The van der Waals surface area contributed by atoms with Crippen LogP contribution in [0.4, 0.5) is 0 Å². The van der Waals surface area contributed by atoms with E-state index in [2.05, 4.69) is 13.8 Å². The fraction of sp³-hybridized carbons (Fsp3) is 0.333. The first-order chi connectivity index (χ1) is 14.2. The molecular weight excluding hydrogens is 398 g/mol. The van der Waals surface area contributed by atoms with Gasteiger partial charge in [-0.1, -0.05) is 57.4 Å². The fourth-order valence-electron chi connectivity index (χ4n) is 4.02. The largest absolute Gasteiger partial charge is 0.274 e. The summed E-state index contributed by atoms with van der Waals surface area (Å²) in [6, 6.07) is 12.0. The lowest BCUT2D eigenvalue weighted by Gasteiger charge is -2.21. The van der Waals surface area contributed by atoms with Crippen molar-refractivity contribution >= 4 is 34.5 Å². The van der Waals surface area contributed by atoms with E-state index in [4.69, 9.17) is 0 Å². The Labute approximate surface area is 180 Å². The summed E-state index contributed by atoms with van der Waals surface area (Å²) >= 11 is 3.20. The summed E-state index contributed by atoms with van der Waals surface area (Å²) in [6.07, 6.45) is 4.28. The molecule has 0 N–H and O–H groups in total. The van der Waals surface area contributed by atoms with E-state index in [1.807, 2.05) is 47.2 Å². The molecule has 3 aromatic rings. The zero-order chi connectivity index (χ0) is 20.4. The van der Waals surface area contributed by atoms with Gasteiger partial charge in [0.05, 0.1) is 11.1 Å². The van der Waals surface area contributed by atoms with Gasteiger partial charge in [0.1, 0.15) is 0 Å². The van der Waals surface area contributed by atoms with Crippen LogP contribution in [0, 0.1) is 5.92 Å². The molecule has 5 heteroatoms. The number of unbranched alkanes of at least 4 members (excludes halogenated alkanes) is 1. The lowest BCUT2D eigenvalue weighted by molar-refractivity contribution is 0.0625. The van der Waals surface area contributed by atoms with Crippen LogP contribution in [0.1, 0.15) is 60.2 Å². The molecule has 0 saturated carbocycles. The normalized spacial score (nSPS) is 14.5. The van der Waals surface area contributed by atoms with E-state index in [-0.39, 0.29) is 11.8 Å². The standard InChI is InChI=1S/C24H25NO2S2/c1-3-5-8-16(4-2)15-25-23(26)21-17(19-9-6-13-28-19)11-12-18(22(21)24(25)27)20-10-7-14-29-20/h6-7,9-14,16H,3-5,8,15H2,1-2H3. The highest BCUT2D eigenvalue weighted by atomic mass is 32.1. The maximum absolute atomic E-state index is 13.5. The lowest BCUT2D eigenvalue weighted by Crippen LogP contribution is -2.34. The Balaban J connectivity index is 1.79. The Morgan fingerprint density at radius 1 is 0.862 bits per heavy atom. The summed E-state index contributed by atoms with van der Waals surface area (Å²) in [7, 11) is 0. The molecule has 1 aliphatic rings. The van der Waals surface area contributed by atoms with Gasteiger partial charge in [-0.15, -0.1) is 22.7 Å². The first-order valence-corrected chi connectivity index (χ1v) is 12.0. The van der Waals surface area contributed by atoms with Gasteiger partial charge in [-0.25, -0.2) is 0 Å². The third-order valence-corrected chi connectivity index (χ3v) is 7.49. The number of nitrogens with zero attached hydrogens (tertiary/aromatic N) is 1. The summed E-state index contributed by atoms with van der Waals surface area (Å²) < 4.78 is 0. The highest BCUT2D eigenvalue weighted by Gasteiger charge is 2.40. The van der Waals surface area contributed by atoms with Gasteiger partial charge in [0.15, 0.2) is 0 Å². The molecule has 29 heavy (non-hydrogen) atoms. The predicted molar refractivity (Wildman–Crippen MR) is 122 cm³/mol. The Morgan fingerprint density at radius 2 is 1.41 bits per heavy atom. The molecule has 0 bridgehead atoms. The van der Waals surface area contributed by atoms with Gasteiger partial charge in [-0.2, -0.15) is 0 Å². The number of hydrogen-bond donors (Lipinski definition) is 0. The van der Waals surface area contributed by atoms with Crippen LogP contribution >= 0.6 is 22.7 Å². The second-order valence-electron chi connectivity index (χ2n) is 7.50. The molecule has 0 fully saturated rings. The van der Waals surface area contributed by atoms with Crippen LogP contribution in [0.15, 0.2) is 47.2 Å². The molecule has 0 saturated heterocycles. The summed E-state index contributed by atoms with van der Waals surface area (Å²) in [4.78, 5) is 30.5. The van der Waals surface area contributed by atoms with Crippen LogP contribution in [0.25, 0.3) is 20.9 Å². The number of imide groups is 1. The molecule has 0 radical (unpaired) electrons. The van der Waals surface area contributed by atoms with Crippen LogP contribution in [0.2, 0.25) is 0 Å². The van der Waals surface area contributed by atoms with Gasteiger partial charge in [0.2, 0.25) is 0 Å². The van der Waals surface area contributed by atoms with Crippen LogP contribution in [0.3, 0.4) is 0 Å². The summed E-state index contributed by atoms with van der Waals surface area (Å²) in [6.45, 7) is 4.83. The van der Waals surface area contributed by atoms with Crippen LogP contribution in [-0.2, 0) is 0 Å². The summed E-state index contributed by atoms with van der Waals surface area (Å²) in [5.41, 5.74) is 2.90. The number of carbonyl (C=O) groups is 2. The van der Waals surface area contributed by atoms with Crippen molar-refractivity contribution in [1.82, 2.24) is 4.90 Å². The van der Waals surface area contributed by atoms with Crippen molar-refractivity contribution < 1.29 is 9.59 Å². The minimum atomic E-state index is -0.137. The van der Waals surface area contributed by atoms with Gasteiger partial charge in [0.25, 0.3) is 11.8 Å². The highest BCUT2D eigenvalue weighted by Crippen LogP contribution is 2.41. The van der Waals surface area contributed by atoms with Gasteiger partial charge in [-0.05, 0) is 35.2 Å². The van der Waals surface area contributed by atoms with Crippen LogP contribution in [0.5, 0.6) is 0 Å². The van der Waals surface area contributed by atoms with Crippen molar-refractivity contribution in [3.8, 4) is 20.9 Å². The molecule has 2 aromatic heterocycles. The van der Waals surface area contributed by atoms with Crippen molar-refractivity contribution in [2.24, 2.45) is 5.92 Å². The Morgan fingerprint density at radius 3 is 1.83 bits per heavy atom. The van der Waals surface area contributed by atoms with Gasteiger partial charge < -0.3 is 0 Å². The third kappa shape index (κ3) is 3.69. The number of thiophene rings is 2. The average Bonchev–Trinajstić information content (AvgIpc) is 3.49. The average molecular weight is 424 g/mol. The van der Waals surface area contributed by atoms with Gasteiger partial charge in [0, 0.05) is 27.4 Å². The summed E-state index contributed by atoms with van der Waals surface area (Å²) in [5.74, 6) is 0.0797. The number of amides is 2. The molecule has 0 spiro atoms. The molecule has 1 aliphatic heterocycles. The number of hydrogen-bond acceptors (Lipinski definition) is 4. The first-order valence-electron chi connectivity index (χ1n) is 10.3. The second kappa shape index (κ2) is 8.64. The lowest BCUT2D eigenvalue weighted by atomic mass is 9.96. The minimum Gasteiger partial charge on any atom is -0.274 e.